The van der Waals surface area contributed by atoms with Crippen molar-refractivity contribution in [3.63, 3.8) is 0 Å². The molecule has 0 radical (unpaired) electrons. The first-order valence-corrected chi connectivity index (χ1v) is 11.8. The second kappa shape index (κ2) is 10.5. The van der Waals surface area contributed by atoms with Gasteiger partial charge in [-0.25, -0.2) is 15.1 Å². The summed E-state index contributed by atoms with van der Waals surface area (Å²) >= 11 is 0. The number of benzene rings is 2. The van der Waals surface area contributed by atoms with Crippen molar-refractivity contribution in [3.8, 4) is 11.3 Å². The van der Waals surface area contributed by atoms with Crippen LogP contribution in [0.4, 0.5) is 0 Å². The van der Waals surface area contributed by atoms with E-state index in [2.05, 4.69) is 26.8 Å². The van der Waals surface area contributed by atoms with Crippen LogP contribution in [0.5, 0.6) is 0 Å². The number of hydrogen-bond donors (Lipinski definition) is 2. The van der Waals surface area contributed by atoms with Gasteiger partial charge in [0.15, 0.2) is 5.65 Å². The number of aryl methyl sites for hydroxylation is 1. The van der Waals surface area contributed by atoms with Crippen LogP contribution in [0.1, 0.15) is 34.3 Å². The molecule has 186 valence electrons. The molecule has 0 saturated carbocycles. The maximum absolute atomic E-state index is 12.5. The van der Waals surface area contributed by atoms with Gasteiger partial charge in [0.25, 0.3) is 5.91 Å². The Morgan fingerprint density at radius 3 is 2.76 bits per heavy atom. The molecule has 1 amide bonds. The highest BCUT2D eigenvalue weighted by atomic mass is 16.6. The van der Waals surface area contributed by atoms with Crippen LogP contribution in [-0.2, 0) is 16.2 Å². The lowest BCUT2D eigenvalue weighted by atomic mass is 10.0. The molecule has 5 rings (SSSR count). The lowest BCUT2D eigenvalue weighted by molar-refractivity contribution is -0.137. The number of carbonyl (C=O) groups excluding carboxylic acids is 1. The molecule has 37 heavy (non-hydrogen) atoms. The molecule has 3 aromatic heterocycles. The third kappa shape index (κ3) is 5.44. The SMILES string of the molecule is Cc1cc(-c2ccc3nnn(Cc4ccc5ncccc5c4)c3n2)ccc1C(=O)NOCCCC(=O)O. The molecule has 2 N–H and O–H groups in total. The maximum Gasteiger partial charge on any atom is 0.303 e. The molecule has 10 nitrogen and oxygen atoms in total. The van der Waals surface area contributed by atoms with Gasteiger partial charge in [-0.1, -0.05) is 23.4 Å². The number of carboxylic acids is 1. The molecule has 0 saturated heterocycles. The van der Waals surface area contributed by atoms with E-state index in [-0.39, 0.29) is 13.0 Å². The summed E-state index contributed by atoms with van der Waals surface area (Å²) in [5.74, 6) is -1.30. The minimum absolute atomic E-state index is 0.0188. The first kappa shape index (κ1) is 24.0. The Bertz CT molecular complexity index is 1610. The van der Waals surface area contributed by atoms with E-state index in [4.69, 9.17) is 14.9 Å². The van der Waals surface area contributed by atoms with E-state index in [9.17, 15) is 9.59 Å². The average molecular weight is 497 g/mol. The lowest BCUT2D eigenvalue weighted by Crippen LogP contribution is -2.25. The summed E-state index contributed by atoms with van der Waals surface area (Å²) in [4.78, 5) is 37.3. The van der Waals surface area contributed by atoms with E-state index >= 15 is 0 Å². The highest BCUT2D eigenvalue weighted by Crippen LogP contribution is 2.23. The molecule has 0 spiro atoms. The van der Waals surface area contributed by atoms with Crippen LogP contribution in [0.2, 0.25) is 0 Å². The quantitative estimate of drug-likeness (QED) is 0.232. The standard InChI is InChI=1S/C27H24N6O4/c1-17-14-20(7-8-21(17)27(36)31-37-13-3-5-25(34)35)23-10-11-24-26(29-23)33(32-30-24)16-18-6-9-22-19(15-18)4-2-12-28-22/h2,4,6-12,14-15H,3,5,13,16H2,1H3,(H,31,36)(H,34,35). The Kier molecular flexibility index (Phi) is 6.82. The minimum atomic E-state index is -0.904. The summed E-state index contributed by atoms with van der Waals surface area (Å²) in [7, 11) is 0. The van der Waals surface area contributed by atoms with Crippen LogP contribution < -0.4 is 5.48 Å². The van der Waals surface area contributed by atoms with Crippen molar-refractivity contribution >= 4 is 33.9 Å². The van der Waals surface area contributed by atoms with Gasteiger partial charge in [0.2, 0.25) is 0 Å². The fraction of sp³-hybridized carbons (Fsp3) is 0.185. The number of carbonyl (C=O) groups is 2. The fourth-order valence-electron chi connectivity index (χ4n) is 4.06. The summed E-state index contributed by atoms with van der Waals surface area (Å²) in [5.41, 5.74) is 8.52. The third-order valence-electron chi connectivity index (χ3n) is 5.93. The molecule has 0 unspecified atom stereocenters. The van der Waals surface area contributed by atoms with E-state index in [0.29, 0.717) is 29.7 Å². The van der Waals surface area contributed by atoms with Gasteiger partial charge >= 0.3 is 5.97 Å². The summed E-state index contributed by atoms with van der Waals surface area (Å²) in [6, 6.07) is 19.2. The number of pyridine rings is 2. The zero-order valence-electron chi connectivity index (χ0n) is 20.1. The topological polar surface area (TPSA) is 132 Å². The zero-order chi connectivity index (χ0) is 25.8. The number of hydrogen-bond acceptors (Lipinski definition) is 7. The Balaban J connectivity index is 1.33. The number of nitrogens with zero attached hydrogens (tertiary/aromatic N) is 5. The smallest absolute Gasteiger partial charge is 0.303 e. The number of rotatable bonds is 9. The van der Waals surface area contributed by atoms with Crippen LogP contribution in [0.25, 0.3) is 33.3 Å². The molecule has 0 fully saturated rings. The second-order valence-electron chi connectivity index (χ2n) is 8.62. The maximum atomic E-state index is 12.5. The number of carboxylic acid groups (broad SMARTS) is 1. The van der Waals surface area contributed by atoms with Gasteiger partial charge in [-0.15, -0.1) is 5.10 Å². The van der Waals surface area contributed by atoms with E-state index in [1.54, 1.807) is 16.9 Å². The van der Waals surface area contributed by atoms with Crippen molar-refractivity contribution < 1.29 is 19.5 Å². The van der Waals surface area contributed by atoms with Crippen LogP contribution >= 0.6 is 0 Å². The van der Waals surface area contributed by atoms with Crippen molar-refractivity contribution in [2.24, 2.45) is 0 Å². The van der Waals surface area contributed by atoms with Gasteiger partial charge in [-0.2, -0.15) is 0 Å². The zero-order valence-corrected chi connectivity index (χ0v) is 20.1. The number of fused-ring (bicyclic) bond motifs is 2. The molecule has 10 heteroatoms. The highest BCUT2D eigenvalue weighted by Gasteiger charge is 2.13. The van der Waals surface area contributed by atoms with Gasteiger partial charge < -0.3 is 5.11 Å². The number of amides is 1. The van der Waals surface area contributed by atoms with Gasteiger partial charge in [0.1, 0.15) is 5.52 Å². The Labute approximate surface area is 211 Å². The third-order valence-corrected chi connectivity index (χ3v) is 5.93. The Morgan fingerprint density at radius 2 is 1.92 bits per heavy atom. The van der Waals surface area contributed by atoms with Crippen LogP contribution in [0, 0.1) is 6.92 Å². The molecular weight excluding hydrogens is 472 g/mol. The first-order chi connectivity index (χ1) is 18.0. The van der Waals surface area contributed by atoms with Gasteiger partial charge in [0, 0.05) is 29.1 Å². The summed E-state index contributed by atoms with van der Waals surface area (Å²) in [6.07, 6.45) is 2.07. The molecular formula is C27H24N6O4. The molecule has 0 atom stereocenters. The average Bonchev–Trinajstić information content (AvgIpc) is 3.30. The molecule has 2 aromatic carbocycles. The normalized spacial score (nSPS) is 11.2. The van der Waals surface area contributed by atoms with Crippen LogP contribution in [0.15, 0.2) is 66.9 Å². The predicted molar refractivity (Wildman–Crippen MR) is 137 cm³/mol. The summed E-state index contributed by atoms with van der Waals surface area (Å²) in [5, 5.41) is 18.3. The van der Waals surface area contributed by atoms with Crippen LogP contribution in [-0.4, -0.2) is 48.6 Å². The number of aliphatic carboxylic acids is 1. The first-order valence-electron chi connectivity index (χ1n) is 11.8. The predicted octanol–water partition coefficient (Wildman–Crippen LogP) is 3.92. The van der Waals surface area contributed by atoms with E-state index in [0.717, 1.165) is 33.3 Å². The molecule has 0 aliphatic heterocycles. The van der Waals surface area contributed by atoms with Gasteiger partial charge in [-0.3, -0.25) is 19.4 Å². The van der Waals surface area contributed by atoms with Crippen LogP contribution in [0.3, 0.4) is 0 Å². The molecule has 5 aromatic rings. The lowest BCUT2D eigenvalue weighted by Gasteiger charge is -2.10. The minimum Gasteiger partial charge on any atom is -0.481 e. The monoisotopic (exact) mass is 496 g/mol. The van der Waals surface area contributed by atoms with Crippen molar-refractivity contribution in [2.75, 3.05) is 6.61 Å². The van der Waals surface area contributed by atoms with Gasteiger partial charge in [-0.05, 0) is 66.9 Å². The number of aromatic nitrogens is 5. The second-order valence-corrected chi connectivity index (χ2v) is 8.62. The number of hydroxylamine groups is 1. The molecule has 3 heterocycles. The molecule has 0 bridgehead atoms. The van der Waals surface area contributed by atoms with Crippen molar-refractivity contribution in [1.29, 1.82) is 0 Å². The number of nitrogens with one attached hydrogen (secondary N) is 1. The summed E-state index contributed by atoms with van der Waals surface area (Å²) < 4.78 is 1.77. The van der Waals surface area contributed by atoms with Crippen molar-refractivity contribution in [3.05, 3.63) is 83.6 Å². The fourth-order valence-corrected chi connectivity index (χ4v) is 4.06. The highest BCUT2D eigenvalue weighted by molar-refractivity contribution is 5.95. The Morgan fingerprint density at radius 1 is 1.05 bits per heavy atom. The van der Waals surface area contributed by atoms with Crippen molar-refractivity contribution in [1.82, 2.24) is 30.4 Å². The van der Waals surface area contributed by atoms with E-state index in [1.165, 1.54) is 0 Å². The largest absolute Gasteiger partial charge is 0.481 e. The molecule has 0 aliphatic rings. The van der Waals surface area contributed by atoms with E-state index < -0.39 is 11.9 Å². The Hall–Kier alpha value is -4.70. The summed E-state index contributed by atoms with van der Waals surface area (Å²) in [6.45, 7) is 2.47. The van der Waals surface area contributed by atoms with Crippen molar-refractivity contribution in [2.45, 2.75) is 26.3 Å². The van der Waals surface area contributed by atoms with Gasteiger partial charge in [0.05, 0.1) is 24.4 Å². The molecule has 0 aliphatic carbocycles. The van der Waals surface area contributed by atoms with E-state index in [1.807, 2.05) is 55.5 Å².